The van der Waals surface area contributed by atoms with Crippen molar-refractivity contribution in [3.05, 3.63) is 23.5 Å². The molecule has 0 amide bonds. The second-order valence-electron chi connectivity index (χ2n) is 5.71. The largest absolute Gasteiger partial charge is 0.494 e. The van der Waals surface area contributed by atoms with E-state index in [0.29, 0.717) is 23.4 Å². The molecular weight excluding hydrogens is 269 g/mol. The molecule has 0 saturated carbocycles. The van der Waals surface area contributed by atoms with E-state index in [9.17, 15) is 4.39 Å². The summed E-state index contributed by atoms with van der Waals surface area (Å²) in [5.74, 6) is 0.522. The predicted octanol–water partition coefficient (Wildman–Crippen LogP) is 2.98. The maximum Gasteiger partial charge on any atom is 0.167 e. The van der Waals surface area contributed by atoms with E-state index in [1.165, 1.54) is 19.6 Å². The summed E-state index contributed by atoms with van der Waals surface area (Å²) in [6, 6.07) is 3.00. The topological polar surface area (TPSA) is 48.4 Å². The third kappa shape index (κ3) is 3.73. The quantitative estimate of drug-likeness (QED) is 0.793. The molecular formula is C16H24FN3O. The van der Waals surface area contributed by atoms with Crippen LogP contribution < -0.4 is 10.1 Å². The van der Waals surface area contributed by atoms with Crippen molar-refractivity contribution in [2.24, 2.45) is 5.92 Å². The number of methoxy groups -OCH3 is 1. The van der Waals surface area contributed by atoms with Gasteiger partial charge in [-0.3, -0.25) is 0 Å². The number of nitrogens with one attached hydrogen (secondary N) is 2. The third-order valence-electron chi connectivity index (χ3n) is 4.07. The minimum absolute atomic E-state index is 0.184. The van der Waals surface area contributed by atoms with Crippen LogP contribution in [0.4, 0.5) is 10.1 Å². The first-order valence-corrected chi connectivity index (χ1v) is 7.40. The summed E-state index contributed by atoms with van der Waals surface area (Å²) in [7, 11) is 3.18. The molecule has 116 valence electrons. The van der Waals surface area contributed by atoms with Gasteiger partial charge in [0.25, 0.3) is 0 Å². The van der Waals surface area contributed by atoms with Gasteiger partial charge in [0.05, 0.1) is 7.11 Å². The molecule has 0 bridgehead atoms. The Balaban J connectivity index is 2.07. The van der Waals surface area contributed by atoms with Crippen LogP contribution in [-0.4, -0.2) is 44.4 Å². The predicted molar refractivity (Wildman–Crippen MR) is 84.2 cm³/mol. The van der Waals surface area contributed by atoms with Gasteiger partial charge in [-0.15, -0.1) is 0 Å². The molecule has 1 unspecified atom stereocenters. The Morgan fingerprint density at radius 1 is 1.52 bits per heavy atom. The Kier molecular flexibility index (Phi) is 5.17. The van der Waals surface area contributed by atoms with E-state index in [1.54, 1.807) is 13.1 Å². The normalized spacial score (nSPS) is 18.8. The first kappa shape index (κ1) is 15.8. The van der Waals surface area contributed by atoms with E-state index in [-0.39, 0.29) is 5.75 Å². The average molecular weight is 293 g/mol. The molecule has 2 N–H and O–H groups in total. The van der Waals surface area contributed by atoms with Gasteiger partial charge in [-0.2, -0.15) is 0 Å². The molecule has 5 heteroatoms. The van der Waals surface area contributed by atoms with Crippen LogP contribution in [0.15, 0.2) is 12.1 Å². The second kappa shape index (κ2) is 6.89. The maximum absolute atomic E-state index is 13.7. The zero-order chi connectivity index (χ0) is 15.4. The van der Waals surface area contributed by atoms with Gasteiger partial charge in [-0.05, 0) is 24.9 Å². The number of ether oxygens (including phenoxy) is 1. The first-order chi connectivity index (χ1) is 10.0. The van der Waals surface area contributed by atoms with E-state index >= 15 is 0 Å². The van der Waals surface area contributed by atoms with Crippen LogP contribution in [-0.2, 0) is 0 Å². The highest BCUT2D eigenvalue weighted by Gasteiger charge is 2.19. The number of likely N-dealkylation sites (tertiary alicyclic amines) is 1. The molecule has 0 aromatic heterocycles. The van der Waals surface area contributed by atoms with Gasteiger partial charge in [0.15, 0.2) is 11.6 Å². The summed E-state index contributed by atoms with van der Waals surface area (Å²) >= 11 is 0. The Morgan fingerprint density at radius 2 is 2.29 bits per heavy atom. The van der Waals surface area contributed by atoms with E-state index in [0.717, 1.165) is 25.6 Å². The number of rotatable bonds is 6. The molecule has 1 fully saturated rings. The molecule has 2 rings (SSSR count). The summed E-state index contributed by atoms with van der Waals surface area (Å²) in [4.78, 5) is 2.39. The molecule has 21 heavy (non-hydrogen) atoms. The van der Waals surface area contributed by atoms with Gasteiger partial charge in [0.2, 0.25) is 0 Å². The third-order valence-corrected chi connectivity index (χ3v) is 4.07. The fraction of sp³-hybridized carbons (Fsp3) is 0.562. The van der Waals surface area contributed by atoms with Gasteiger partial charge < -0.3 is 20.4 Å². The summed E-state index contributed by atoms with van der Waals surface area (Å²) in [5, 5.41) is 11.2. The van der Waals surface area contributed by atoms with E-state index in [4.69, 9.17) is 10.1 Å². The lowest BCUT2D eigenvalue weighted by Crippen LogP contribution is -2.24. The van der Waals surface area contributed by atoms with Crippen molar-refractivity contribution >= 4 is 11.4 Å². The Bertz CT molecular complexity index is 518. The Hall–Kier alpha value is -1.62. The van der Waals surface area contributed by atoms with Crippen LogP contribution in [0.1, 0.15) is 25.3 Å². The second-order valence-corrected chi connectivity index (χ2v) is 5.71. The number of hydrogen-bond acceptors (Lipinski definition) is 4. The molecule has 1 aliphatic heterocycles. The number of hydrogen-bond donors (Lipinski definition) is 2. The van der Waals surface area contributed by atoms with E-state index < -0.39 is 5.82 Å². The Labute approximate surface area is 125 Å². The van der Waals surface area contributed by atoms with E-state index in [1.807, 2.05) is 0 Å². The van der Waals surface area contributed by atoms with Crippen LogP contribution in [0.5, 0.6) is 5.75 Å². The van der Waals surface area contributed by atoms with Crippen molar-refractivity contribution in [3.63, 3.8) is 0 Å². The zero-order valence-electron chi connectivity index (χ0n) is 13.0. The summed E-state index contributed by atoms with van der Waals surface area (Å²) in [6.45, 7) is 5.36. The molecule has 1 atom stereocenters. The van der Waals surface area contributed by atoms with Crippen LogP contribution in [0, 0.1) is 17.1 Å². The van der Waals surface area contributed by atoms with Gasteiger partial charge in [0, 0.05) is 49.6 Å². The maximum atomic E-state index is 13.7. The summed E-state index contributed by atoms with van der Waals surface area (Å²) < 4.78 is 18.7. The van der Waals surface area contributed by atoms with Crippen molar-refractivity contribution in [2.45, 2.75) is 19.8 Å². The number of halogens is 1. The van der Waals surface area contributed by atoms with Crippen LogP contribution in [0.25, 0.3) is 0 Å². The van der Waals surface area contributed by atoms with Crippen molar-refractivity contribution < 1.29 is 9.13 Å². The van der Waals surface area contributed by atoms with Gasteiger partial charge in [-0.1, -0.05) is 6.92 Å². The van der Waals surface area contributed by atoms with E-state index in [2.05, 4.69) is 17.1 Å². The highest BCUT2D eigenvalue weighted by atomic mass is 19.1. The molecule has 1 aromatic rings. The van der Waals surface area contributed by atoms with Crippen LogP contribution in [0.3, 0.4) is 0 Å². The minimum Gasteiger partial charge on any atom is -0.494 e. The summed E-state index contributed by atoms with van der Waals surface area (Å²) in [5.41, 5.74) is 1.85. The van der Waals surface area contributed by atoms with Crippen LogP contribution in [0.2, 0.25) is 0 Å². The first-order valence-electron chi connectivity index (χ1n) is 7.40. The zero-order valence-corrected chi connectivity index (χ0v) is 13.0. The lowest BCUT2D eigenvalue weighted by Gasteiger charge is -2.17. The molecule has 1 saturated heterocycles. The molecule has 1 aromatic carbocycles. The molecule has 0 radical (unpaired) electrons. The fourth-order valence-electron chi connectivity index (χ4n) is 2.80. The number of benzene rings is 1. The molecule has 0 spiro atoms. The lowest BCUT2D eigenvalue weighted by atomic mass is 10.0. The molecule has 1 heterocycles. The highest BCUT2D eigenvalue weighted by molar-refractivity contribution is 6.03. The van der Waals surface area contributed by atoms with Crippen molar-refractivity contribution in [3.8, 4) is 5.75 Å². The van der Waals surface area contributed by atoms with Crippen molar-refractivity contribution in [1.29, 1.82) is 5.41 Å². The highest BCUT2D eigenvalue weighted by Crippen LogP contribution is 2.27. The molecule has 1 aliphatic rings. The Morgan fingerprint density at radius 3 is 2.86 bits per heavy atom. The SMILES string of the molecule is CNc1cc(F)c(OC)cc1C(=N)CCN1CCC(C)C1. The van der Waals surface area contributed by atoms with Gasteiger partial charge in [-0.25, -0.2) is 4.39 Å². The minimum atomic E-state index is -0.410. The fourth-order valence-corrected chi connectivity index (χ4v) is 2.80. The molecule has 0 aliphatic carbocycles. The lowest BCUT2D eigenvalue weighted by molar-refractivity contribution is 0.338. The molecule has 4 nitrogen and oxygen atoms in total. The van der Waals surface area contributed by atoms with Gasteiger partial charge in [0.1, 0.15) is 0 Å². The summed E-state index contributed by atoms with van der Waals surface area (Å²) in [6.07, 6.45) is 1.90. The van der Waals surface area contributed by atoms with Crippen LogP contribution >= 0.6 is 0 Å². The van der Waals surface area contributed by atoms with Crippen molar-refractivity contribution in [2.75, 3.05) is 39.1 Å². The monoisotopic (exact) mass is 293 g/mol. The standard InChI is InChI=1S/C16H24FN3O/c1-11-4-6-20(10-11)7-5-14(18)12-8-16(21-3)13(17)9-15(12)19-2/h8-9,11,18-19H,4-7,10H2,1-3H3. The van der Waals surface area contributed by atoms with Crippen molar-refractivity contribution in [1.82, 2.24) is 4.90 Å². The average Bonchev–Trinajstić information content (AvgIpc) is 2.90. The smallest absolute Gasteiger partial charge is 0.167 e. The van der Waals surface area contributed by atoms with Gasteiger partial charge >= 0.3 is 0 Å². The number of nitrogens with zero attached hydrogens (tertiary/aromatic N) is 1. The number of anilines is 1.